The maximum Gasteiger partial charge on any atom is 0.323 e. The normalized spacial score (nSPS) is 17.8. The summed E-state index contributed by atoms with van der Waals surface area (Å²) in [5, 5.41) is 17.6. The summed E-state index contributed by atoms with van der Waals surface area (Å²) in [5.74, 6) is -2.74. The zero-order valence-electron chi connectivity index (χ0n) is 8.55. The van der Waals surface area contributed by atoms with Gasteiger partial charge in [-0.3, -0.25) is 9.59 Å². The van der Waals surface area contributed by atoms with Crippen LogP contribution in [-0.2, 0) is 4.79 Å². The number of carbonyl (C=O) groups excluding carboxylic acids is 1. The number of nitrogens with zero attached hydrogens (tertiary/aromatic N) is 2. The maximum absolute atomic E-state index is 13.5. The molecule has 1 aromatic carbocycles. The number of carboxylic acid groups (broad SMARTS) is 1. The lowest BCUT2D eigenvalue weighted by molar-refractivity contribution is -0.137. The molecule has 2 rings (SSSR count). The molecule has 17 heavy (non-hydrogen) atoms. The quantitative estimate of drug-likeness (QED) is 0.825. The van der Waals surface area contributed by atoms with Crippen LogP contribution in [0.3, 0.4) is 0 Å². The average Bonchev–Trinajstić information content (AvgIpc) is 2.53. The van der Waals surface area contributed by atoms with Crippen LogP contribution in [-0.4, -0.2) is 28.4 Å². The van der Waals surface area contributed by atoms with Gasteiger partial charge < -0.3 is 10.0 Å². The Morgan fingerprint density at radius 1 is 1.59 bits per heavy atom. The van der Waals surface area contributed by atoms with E-state index in [1.165, 1.54) is 12.1 Å². The van der Waals surface area contributed by atoms with Crippen molar-refractivity contribution in [3.63, 3.8) is 0 Å². The summed E-state index contributed by atoms with van der Waals surface area (Å²) in [6, 6.07) is 4.71. The molecule has 0 aliphatic carbocycles. The SMILES string of the molecule is N#CC1c2cccc(F)c2C(=O)N1CC(=O)O. The molecule has 0 fully saturated rings. The second-order valence-electron chi connectivity index (χ2n) is 3.56. The van der Waals surface area contributed by atoms with Crippen molar-refractivity contribution in [1.29, 1.82) is 5.26 Å². The van der Waals surface area contributed by atoms with Crippen molar-refractivity contribution in [1.82, 2.24) is 4.90 Å². The van der Waals surface area contributed by atoms with Crippen molar-refractivity contribution >= 4 is 11.9 Å². The van der Waals surface area contributed by atoms with E-state index in [2.05, 4.69) is 0 Å². The number of aliphatic carboxylic acids is 1. The monoisotopic (exact) mass is 234 g/mol. The molecular weight excluding hydrogens is 227 g/mol. The number of rotatable bonds is 2. The summed E-state index contributed by atoms with van der Waals surface area (Å²) < 4.78 is 13.5. The molecule has 5 nitrogen and oxygen atoms in total. The third-order valence-corrected chi connectivity index (χ3v) is 2.55. The van der Waals surface area contributed by atoms with Gasteiger partial charge in [0.15, 0.2) is 0 Å². The van der Waals surface area contributed by atoms with Gasteiger partial charge >= 0.3 is 5.97 Å². The Balaban J connectivity index is 2.52. The fourth-order valence-corrected chi connectivity index (χ4v) is 1.87. The minimum atomic E-state index is -1.24. The fourth-order valence-electron chi connectivity index (χ4n) is 1.87. The summed E-state index contributed by atoms with van der Waals surface area (Å²) in [7, 11) is 0. The number of carbonyl (C=O) groups is 2. The third kappa shape index (κ3) is 1.61. The molecule has 1 aromatic rings. The predicted octanol–water partition coefficient (Wildman–Crippen LogP) is 0.931. The fraction of sp³-hybridized carbons (Fsp3) is 0.182. The van der Waals surface area contributed by atoms with Crippen LogP contribution in [0.25, 0.3) is 0 Å². The number of carboxylic acids is 1. The van der Waals surface area contributed by atoms with Crippen LogP contribution in [0.4, 0.5) is 4.39 Å². The van der Waals surface area contributed by atoms with Gasteiger partial charge in [-0.25, -0.2) is 4.39 Å². The molecule has 1 aliphatic rings. The highest BCUT2D eigenvalue weighted by atomic mass is 19.1. The number of amides is 1. The molecule has 0 saturated heterocycles. The van der Waals surface area contributed by atoms with Gasteiger partial charge in [0.25, 0.3) is 5.91 Å². The second kappa shape index (κ2) is 3.87. The van der Waals surface area contributed by atoms with Gasteiger partial charge in [0.05, 0.1) is 11.6 Å². The second-order valence-corrected chi connectivity index (χ2v) is 3.56. The van der Waals surface area contributed by atoms with Gasteiger partial charge in [-0.15, -0.1) is 0 Å². The van der Waals surface area contributed by atoms with E-state index in [-0.39, 0.29) is 11.1 Å². The molecule has 86 valence electrons. The molecule has 1 amide bonds. The van der Waals surface area contributed by atoms with E-state index in [0.29, 0.717) is 0 Å². The Hall–Kier alpha value is -2.42. The molecule has 1 N–H and O–H groups in total. The molecule has 1 heterocycles. The Morgan fingerprint density at radius 3 is 2.88 bits per heavy atom. The molecule has 1 unspecified atom stereocenters. The summed E-state index contributed by atoms with van der Waals surface area (Å²) in [6.07, 6.45) is 0. The van der Waals surface area contributed by atoms with Crippen LogP contribution in [0.15, 0.2) is 18.2 Å². The average molecular weight is 234 g/mol. The summed E-state index contributed by atoms with van der Waals surface area (Å²) in [5.41, 5.74) is 0.0130. The van der Waals surface area contributed by atoms with Gasteiger partial charge in [0.1, 0.15) is 18.4 Å². The smallest absolute Gasteiger partial charge is 0.323 e. The van der Waals surface area contributed by atoms with Crippen molar-refractivity contribution in [3.05, 3.63) is 35.1 Å². The van der Waals surface area contributed by atoms with Crippen molar-refractivity contribution < 1.29 is 19.1 Å². The highest BCUT2D eigenvalue weighted by molar-refractivity contribution is 6.01. The molecule has 1 atom stereocenters. The minimum Gasteiger partial charge on any atom is -0.480 e. The number of nitriles is 1. The van der Waals surface area contributed by atoms with E-state index >= 15 is 0 Å². The van der Waals surface area contributed by atoms with E-state index in [9.17, 15) is 14.0 Å². The Labute approximate surface area is 95.7 Å². The largest absolute Gasteiger partial charge is 0.480 e. The first-order valence-electron chi connectivity index (χ1n) is 4.77. The van der Waals surface area contributed by atoms with Gasteiger partial charge in [0.2, 0.25) is 0 Å². The Bertz CT molecular complexity index is 550. The summed E-state index contributed by atoms with van der Waals surface area (Å²) in [4.78, 5) is 23.2. The molecule has 0 spiro atoms. The van der Waals surface area contributed by atoms with Crippen LogP contribution in [0.5, 0.6) is 0 Å². The predicted molar refractivity (Wildman–Crippen MR) is 53.4 cm³/mol. The van der Waals surface area contributed by atoms with Crippen LogP contribution in [0, 0.1) is 17.1 Å². The number of benzene rings is 1. The molecule has 0 radical (unpaired) electrons. The molecule has 0 aromatic heterocycles. The highest BCUT2D eigenvalue weighted by Crippen LogP contribution is 2.34. The molecule has 0 bridgehead atoms. The topological polar surface area (TPSA) is 81.4 Å². The van der Waals surface area contributed by atoms with Crippen LogP contribution in [0.1, 0.15) is 22.0 Å². The standard InChI is InChI=1S/C11H7FN2O3/c12-7-3-1-2-6-8(4-13)14(5-9(15)16)11(17)10(6)7/h1-3,8H,5H2,(H,15,16). The van der Waals surface area contributed by atoms with E-state index in [1.54, 1.807) is 0 Å². The number of halogens is 1. The van der Waals surface area contributed by atoms with Gasteiger partial charge in [0, 0.05) is 5.56 Å². The molecule has 1 aliphatic heterocycles. The van der Waals surface area contributed by atoms with Crippen molar-refractivity contribution in [3.8, 4) is 6.07 Å². The van der Waals surface area contributed by atoms with Crippen molar-refractivity contribution in [2.24, 2.45) is 0 Å². The molecule has 6 heteroatoms. The van der Waals surface area contributed by atoms with E-state index in [0.717, 1.165) is 11.0 Å². The maximum atomic E-state index is 13.5. The zero-order valence-corrected chi connectivity index (χ0v) is 8.55. The van der Waals surface area contributed by atoms with Crippen molar-refractivity contribution in [2.75, 3.05) is 6.54 Å². The first-order chi connectivity index (χ1) is 8.06. The number of fused-ring (bicyclic) bond motifs is 1. The zero-order chi connectivity index (χ0) is 12.6. The Kier molecular flexibility index (Phi) is 2.52. The van der Waals surface area contributed by atoms with Crippen molar-refractivity contribution in [2.45, 2.75) is 6.04 Å². The molecule has 0 saturated carbocycles. The van der Waals surface area contributed by atoms with E-state index < -0.39 is 30.3 Å². The third-order valence-electron chi connectivity index (χ3n) is 2.55. The van der Waals surface area contributed by atoms with Gasteiger partial charge in [-0.1, -0.05) is 12.1 Å². The minimum absolute atomic E-state index is 0.208. The highest BCUT2D eigenvalue weighted by Gasteiger charge is 2.39. The summed E-state index contributed by atoms with van der Waals surface area (Å²) >= 11 is 0. The van der Waals surface area contributed by atoms with E-state index in [4.69, 9.17) is 10.4 Å². The number of hydrogen-bond donors (Lipinski definition) is 1. The first kappa shape index (κ1) is 11.1. The van der Waals surface area contributed by atoms with Crippen LogP contribution in [0.2, 0.25) is 0 Å². The Morgan fingerprint density at radius 2 is 2.29 bits per heavy atom. The lowest BCUT2D eigenvalue weighted by Crippen LogP contribution is -2.32. The van der Waals surface area contributed by atoms with E-state index in [1.807, 2.05) is 6.07 Å². The van der Waals surface area contributed by atoms with Crippen LogP contribution < -0.4 is 0 Å². The van der Waals surface area contributed by atoms with Gasteiger partial charge in [-0.2, -0.15) is 5.26 Å². The number of hydrogen-bond acceptors (Lipinski definition) is 3. The van der Waals surface area contributed by atoms with Crippen LogP contribution >= 0.6 is 0 Å². The lowest BCUT2D eigenvalue weighted by atomic mass is 10.1. The van der Waals surface area contributed by atoms with Gasteiger partial charge in [-0.05, 0) is 6.07 Å². The molecular formula is C11H7FN2O3. The first-order valence-corrected chi connectivity index (χ1v) is 4.77. The summed E-state index contributed by atoms with van der Waals surface area (Å²) in [6.45, 7) is -0.620. The lowest BCUT2D eigenvalue weighted by Gasteiger charge is -2.16.